The first kappa shape index (κ1) is 22.3. The third kappa shape index (κ3) is 6.31. The van der Waals surface area contributed by atoms with Gasteiger partial charge in [0.05, 0.1) is 30.7 Å². The molecule has 9 heteroatoms. The molecule has 0 radical (unpaired) electrons. The number of rotatable bonds is 9. The molecule has 31 heavy (non-hydrogen) atoms. The van der Waals surface area contributed by atoms with E-state index in [0.717, 1.165) is 21.8 Å². The Bertz CT molecular complexity index is 1130. The van der Waals surface area contributed by atoms with Crippen LogP contribution in [0.1, 0.15) is 6.92 Å². The maximum absolute atomic E-state index is 6.48. The summed E-state index contributed by atoms with van der Waals surface area (Å²) in [5.41, 5.74) is 3.16. The van der Waals surface area contributed by atoms with Gasteiger partial charge in [0.1, 0.15) is 0 Å². The number of ether oxygens (including phenoxy) is 1. The highest BCUT2D eigenvalue weighted by Crippen LogP contribution is 2.25. The first-order chi connectivity index (χ1) is 15.1. The van der Waals surface area contributed by atoms with Crippen LogP contribution in [0.2, 0.25) is 5.02 Å². The van der Waals surface area contributed by atoms with Crippen molar-refractivity contribution in [3.8, 4) is 16.3 Å². The molecule has 3 aromatic heterocycles. The summed E-state index contributed by atoms with van der Waals surface area (Å²) in [4.78, 5) is 9.82. The van der Waals surface area contributed by atoms with E-state index in [0.29, 0.717) is 23.1 Å². The van der Waals surface area contributed by atoms with Gasteiger partial charge in [0, 0.05) is 35.1 Å². The molecule has 0 aliphatic heterocycles. The minimum absolute atomic E-state index is 0.505. The molecule has 0 aliphatic carbocycles. The molecule has 0 spiro atoms. The van der Waals surface area contributed by atoms with Crippen LogP contribution >= 0.6 is 22.9 Å². The second-order valence-electron chi connectivity index (χ2n) is 6.29. The highest BCUT2D eigenvalue weighted by molar-refractivity contribution is 7.13. The van der Waals surface area contributed by atoms with Gasteiger partial charge in [0.25, 0.3) is 0 Å². The van der Waals surface area contributed by atoms with Crippen molar-refractivity contribution in [1.29, 1.82) is 0 Å². The van der Waals surface area contributed by atoms with Crippen molar-refractivity contribution in [2.24, 2.45) is 10.1 Å². The molecule has 0 saturated heterocycles. The van der Waals surface area contributed by atoms with Gasteiger partial charge in [0.15, 0.2) is 5.49 Å². The SMILES string of the molecule is C=Nn1cc(-c2cccs2)cc(Cl)c1=N/C(C)=C/C=C/NCNc1ccc(OC)nc1. The molecule has 3 heterocycles. The fourth-order valence-electron chi connectivity index (χ4n) is 2.61. The van der Waals surface area contributed by atoms with Crippen LogP contribution in [-0.2, 0) is 0 Å². The Kier molecular flexibility index (Phi) is 8.03. The quantitative estimate of drug-likeness (QED) is 0.212. The Morgan fingerprint density at radius 3 is 2.94 bits per heavy atom. The van der Waals surface area contributed by atoms with Crippen LogP contribution in [-0.4, -0.2) is 30.2 Å². The molecule has 0 saturated carbocycles. The van der Waals surface area contributed by atoms with Crippen LogP contribution < -0.4 is 20.9 Å². The van der Waals surface area contributed by atoms with Crippen molar-refractivity contribution in [2.45, 2.75) is 6.92 Å². The van der Waals surface area contributed by atoms with Gasteiger partial charge in [-0.3, -0.25) is 0 Å². The molecule has 0 atom stereocenters. The molecule has 7 nitrogen and oxygen atoms in total. The predicted molar refractivity (Wildman–Crippen MR) is 129 cm³/mol. The minimum atomic E-state index is 0.505. The zero-order chi connectivity index (χ0) is 22.1. The number of halogens is 1. The van der Waals surface area contributed by atoms with Crippen LogP contribution in [0.4, 0.5) is 5.69 Å². The first-order valence-electron chi connectivity index (χ1n) is 9.39. The number of allylic oxidation sites excluding steroid dienone is 3. The normalized spacial score (nSPS) is 12.2. The summed E-state index contributed by atoms with van der Waals surface area (Å²) in [6.45, 7) is 6.07. The molecule has 0 bridgehead atoms. The third-order valence-corrected chi connectivity index (χ3v) is 5.30. The van der Waals surface area contributed by atoms with Gasteiger partial charge in [-0.15, -0.1) is 11.3 Å². The molecule has 0 aliphatic rings. The van der Waals surface area contributed by atoms with Gasteiger partial charge in [-0.25, -0.2) is 14.7 Å². The average molecular weight is 455 g/mol. The van der Waals surface area contributed by atoms with Crippen molar-refractivity contribution in [3.63, 3.8) is 0 Å². The lowest BCUT2D eigenvalue weighted by Crippen LogP contribution is -2.18. The number of hydrogen-bond donors (Lipinski definition) is 2. The number of pyridine rings is 2. The number of thiophene rings is 1. The van der Waals surface area contributed by atoms with Gasteiger partial charge in [-0.2, -0.15) is 5.10 Å². The first-order valence-corrected chi connectivity index (χ1v) is 10.6. The lowest BCUT2D eigenvalue weighted by molar-refractivity contribution is 0.398. The highest BCUT2D eigenvalue weighted by Gasteiger charge is 2.06. The molecule has 0 aromatic carbocycles. The summed E-state index contributed by atoms with van der Waals surface area (Å²) in [7, 11) is 1.59. The van der Waals surface area contributed by atoms with Gasteiger partial charge >= 0.3 is 0 Å². The van der Waals surface area contributed by atoms with Gasteiger partial charge in [0.2, 0.25) is 5.88 Å². The van der Waals surface area contributed by atoms with E-state index in [2.05, 4.69) is 32.4 Å². The lowest BCUT2D eigenvalue weighted by Gasteiger charge is -2.06. The Balaban J connectivity index is 1.62. The molecular weight excluding hydrogens is 432 g/mol. The van der Waals surface area contributed by atoms with Gasteiger partial charge in [-0.1, -0.05) is 17.7 Å². The van der Waals surface area contributed by atoms with E-state index >= 15 is 0 Å². The van der Waals surface area contributed by atoms with E-state index in [9.17, 15) is 0 Å². The van der Waals surface area contributed by atoms with E-state index in [1.54, 1.807) is 35.4 Å². The van der Waals surface area contributed by atoms with Crippen molar-refractivity contribution in [3.05, 3.63) is 82.7 Å². The zero-order valence-electron chi connectivity index (χ0n) is 17.2. The largest absolute Gasteiger partial charge is 0.481 e. The Labute approximate surface area is 190 Å². The number of anilines is 1. The number of nitrogens with one attached hydrogen (secondary N) is 2. The standard InChI is InChI=1S/C22H23ClN6OS/c1-16(6-4-10-25-15-27-18-8-9-21(30-3)26-13-18)28-22-19(23)12-17(14-29(22)24-2)20-7-5-11-31-20/h4-14,25,27H,2,15H2,1,3H3/b10-4+,16-6+,28-22?. The van der Waals surface area contributed by atoms with Crippen LogP contribution in [0, 0.1) is 0 Å². The molecule has 160 valence electrons. The number of methoxy groups -OCH3 is 1. The van der Waals surface area contributed by atoms with Gasteiger partial charge < -0.3 is 15.4 Å². The maximum atomic E-state index is 6.48. The maximum Gasteiger partial charge on any atom is 0.213 e. The summed E-state index contributed by atoms with van der Waals surface area (Å²) < 4.78 is 6.62. The molecule has 0 unspecified atom stereocenters. The molecule has 2 N–H and O–H groups in total. The van der Waals surface area contributed by atoms with Crippen LogP contribution in [0.3, 0.4) is 0 Å². The van der Waals surface area contributed by atoms with Crippen LogP contribution in [0.15, 0.2) is 82.2 Å². The minimum Gasteiger partial charge on any atom is -0.481 e. The summed E-state index contributed by atoms with van der Waals surface area (Å²) in [6.07, 6.45) is 9.15. The van der Waals surface area contributed by atoms with E-state index < -0.39 is 0 Å². The van der Waals surface area contributed by atoms with E-state index in [-0.39, 0.29) is 0 Å². The zero-order valence-corrected chi connectivity index (χ0v) is 18.8. The molecule has 0 fully saturated rings. The summed E-state index contributed by atoms with van der Waals surface area (Å²) in [5, 5.41) is 12.9. The van der Waals surface area contributed by atoms with E-state index in [1.165, 1.54) is 0 Å². The van der Waals surface area contributed by atoms with Crippen LogP contribution in [0.25, 0.3) is 10.4 Å². The number of aromatic nitrogens is 2. The molecule has 3 aromatic rings. The summed E-state index contributed by atoms with van der Waals surface area (Å²) >= 11 is 8.11. The van der Waals surface area contributed by atoms with Crippen molar-refractivity contribution >= 4 is 35.3 Å². The summed E-state index contributed by atoms with van der Waals surface area (Å²) in [6, 6.07) is 9.61. The molecule has 0 amide bonds. The fraction of sp³-hybridized carbons (Fsp3) is 0.136. The Morgan fingerprint density at radius 1 is 1.39 bits per heavy atom. The van der Waals surface area contributed by atoms with Crippen LogP contribution in [0.5, 0.6) is 5.88 Å². The van der Waals surface area contributed by atoms with E-state index in [4.69, 9.17) is 16.3 Å². The van der Waals surface area contributed by atoms with Gasteiger partial charge in [-0.05, 0) is 48.9 Å². The molecular formula is C22H23ClN6OS. The molecule has 3 rings (SSSR count). The fourth-order valence-corrected chi connectivity index (χ4v) is 3.56. The average Bonchev–Trinajstić information content (AvgIpc) is 3.32. The topological polar surface area (TPSA) is 75.8 Å². The lowest BCUT2D eigenvalue weighted by atomic mass is 10.2. The Hall–Kier alpha value is -3.36. The monoisotopic (exact) mass is 454 g/mol. The smallest absolute Gasteiger partial charge is 0.213 e. The Morgan fingerprint density at radius 2 is 2.26 bits per heavy atom. The van der Waals surface area contributed by atoms with Crippen molar-refractivity contribution < 1.29 is 4.74 Å². The second-order valence-corrected chi connectivity index (χ2v) is 7.64. The third-order valence-electron chi connectivity index (χ3n) is 4.11. The van der Waals surface area contributed by atoms with Crippen molar-refractivity contribution in [1.82, 2.24) is 15.0 Å². The number of nitrogens with zero attached hydrogens (tertiary/aromatic N) is 4. The van der Waals surface area contributed by atoms with E-state index in [1.807, 2.05) is 61.1 Å². The predicted octanol–water partition coefficient (Wildman–Crippen LogP) is 4.71. The number of hydrogen-bond acceptors (Lipinski definition) is 7. The second kappa shape index (κ2) is 11.1. The highest BCUT2D eigenvalue weighted by atomic mass is 35.5. The van der Waals surface area contributed by atoms with Crippen molar-refractivity contribution in [2.75, 3.05) is 19.1 Å². The summed E-state index contributed by atoms with van der Waals surface area (Å²) in [5.74, 6) is 0.581.